The van der Waals surface area contributed by atoms with E-state index < -0.39 is 0 Å². The Balaban J connectivity index is 2.13. The van der Waals surface area contributed by atoms with Crippen molar-refractivity contribution in [3.05, 3.63) is 53.1 Å². The highest BCUT2D eigenvalue weighted by Crippen LogP contribution is 2.24. The molecule has 0 aliphatic carbocycles. The quantitative estimate of drug-likeness (QED) is 0.749. The first-order valence-electron chi connectivity index (χ1n) is 7.71. The van der Waals surface area contributed by atoms with Gasteiger partial charge in [0, 0.05) is 22.4 Å². The molecule has 0 unspecified atom stereocenters. The van der Waals surface area contributed by atoms with Crippen LogP contribution in [-0.2, 0) is 0 Å². The molecule has 132 valence electrons. The second kappa shape index (κ2) is 8.39. The topological polar surface area (TPSA) is 79.5 Å². The van der Waals surface area contributed by atoms with Crippen LogP contribution in [0.1, 0.15) is 24.2 Å². The molecule has 0 aliphatic rings. The Morgan fingerprint density at radius 2 is 1.72 bits per heavy atom. The summed E-state index contributed by atoms with van der Waals surface area (Å²) < 4.78 is 5.19. The van der Waals surface area contributed by atoms with Gasteiger partial charge in [-0.3, -0.25) is 4.79 Å². The number of anilines is 2. The third-order valence-electron chi connectivity index (χ3n) is 3.20. The van der Waals surface area contributed by atoms with Gasteiger partial charge in [-0.05, 0) is 50.2 Å². The summed E-state index contributed by atoms with van der Waals surface area (Å²) in [6, 6.07) is 11.4. The first-order chi connectivity index (χ1) is 11.9. The number of rotatable bonds is 5. The third kappa shape index (κ3) is 5.39. The zero-order valence-electron chi connectivity index (χ0n) is 14.2. The fraction of sp³-hybridized carbons (Fsp3) is 0.222. The minimum atomic E-state index is -0.358. The van der Waals surface area contributed by atoms with Crippen molar-refractivity contribution in [2.45, 2.75) is 19.9 Å². The maximum Gasteiger partial charge on any atom is 0.319 e. The monoisotopic (exact) mass is 361 g/mol. The molecule has 0 fully saturated rings. The second-order valence-electron chi connectivity index (χ2n) is 5.63. The second-order valence-corrected chi connectivity index (χ2v) is 6.07. The third-order valence-corrected chi connectivity index (χ3v) is 3.44. The molecule has 0 atom stereocenters. The fourth-order valence-electron chi connectivity index (χ4n) is 2.16. The lowest BCUT2D eigenvalue weighted by Crippen LogP contribution is -2.34. The molecule has 2 rings (SSSR count). The Kier molecular flexibility index (Phi) is 6.25. The molecule has 0 saturated heterocycles. The number of hydrogen-bond acceptors (Lipinski definition) is 3. The predicted molar refractivity (Wildman–Crippen MR) is 99.7 cm³/mol. The highest BCUT2D eigenvalue weighted by Gasteiger charge is 2.13. The lowest BCUT2D eigenvalue weighted by Gasteiger charge is -2.12. The van der Waals surface area contributed by atoms with Crippen LogP contribution >= 0.6 is 11.6 Å². The van der Waals surface area contributed by atoms with Crippen LogP contribution in [0.4, 0.5) is 16.2 Å². The summed E-state index contributed by atoms with van der Waals surface area (Å²) in [6.45, 7) is 3.74. The molecule has 0 spiro atoms. The molecule has 3 N–H and O–H groups in total. The molecule has 0 aliphatic heterocycles. The van der Waals surface area contributed by atoms with E-state index in [-0.39, 0.29) is 18.0 Å². The van der Waals surface area contributed by atoms with Gasteiger partial charge in [0.25, 0.3) is 5.91 Å². The minimum Gasteiger partial charge on any atom is -0.496 e. The average molecular weight is 362 g/mol. The molecule has 0 aromatic heterocycles. The van der Waals surface area contributed by atoms with Gasteiger partial charge in [-0.2, -0.15) is 0 Å². The number of hydrogen-bond donors (Lipinski definition) is 3. The molecule has 6 nitrogen and oxygen atoms in total. The molecule has 7 heteroatoms. The lowest BCUT2D eigenvalue weighted by atomic mass is 10.1. The van der Waals surface area contributed by atoms with E-state index in [4.69, 9.17) is 16.3 Å². The van der Waals surface area contributed by atoms with E-state index in [9.17, 15) is 9.59 Å². The molecule has 0 heterocycles. The van der Waals surface area contributed by atoms with Crippen LogP contribution in [-0.4, -0.2) is 25.1 Å². The number of halogens is 1. The maximum atomic E-state index is 12.5. The van der Waals surface area contributed by atoms with Crippen molar-refractivity contribution < 1.29 is 14.3 Å². The van der Waals surface area contributed by atoms with Gasteiger partial charge in [-0.1, -0.05) is 17.7 Å². The van der Waals surface area contributed by atoms with Crippen molar-refractivity contribution in [2.75, 3.05) is 17.7 Å². The largest absolute Gasteiger partial charge is 0.496 e. The summed E-state index contributed by atoms with van der Waals surface area (Å²) in [5.41, 5.74) is 1.43. The highest BCUT2D eigenvalue weighted by atomic mass is 35.5. The Bertz CT molecular complexity index is 778. The molecule has 0 bridgehead atoms. The summed E-state index contributed by atoms with van der Waals surface area (Å²) in [5, 5.41) is 8.64. The van der Waals surface area contributed by atoms with E-state index in [1.54, 1.807) is 36.4 Å². The lowest BCUT2D eigenvalue weighted by molar-refractivity contribution is 0.102. The maximum absolute atomic E-state index is 12.5. The van der Waals surface area contributed by atoms with Gasteiger partial charge in [-0.15, -0.1) is 0 Å². The average Bonchev–Trinajstić information content (AvgIpc) is 2.54. The van der Waals surface area contributed by atoms with Crippen LogP contribution in [0.25, 0.3) is 0 Å². The van der Waals surface area contributed by atoms with Crippen LogP contribution in [0.2, 0.25) is 5.02 Å². The summed E-state index contributed by atoms with van der Waals surface area (Å²) in [4.78, 5) is 24.2. The SMILES string of the molecule is COc1ccc(Cl)cc1C(=O)Nc1cccc(NC(=O)NC(C)C)c1. The predicted octanol–water partition coefficient (Wildman–Crippen LogP) is 4.13. The number of urea groups is 1. The van der Waals surface area contributed by atoms with E-state index in [1.165, 1.54) is 13.2 Å². The van der Waals surface area contributed by atoms with E-state index >= 15 is 0 Å². The van der Waals surface area contributed by atoms with Gasteiger partial charge >= 0.3 is 6.03 Å². The normalized spacial score (nSPS) is 10.3. The smallest absolute Gasteiger partial charge is 0.319 e. The van der Waals surface area contributed by atoms with Gasteiger partial charge in [0.1, 0.15) is 5.75 Å². The van der Waals surface area contributed by atoms with Crippen molar-refractivity contribution in [1.29, 1.82) is 0 Å². The van der Waals surface area contributed by atoms with Crippen LogP contribution in [0.5, 0.6) is 5.75 Å². The summed E-state index contributed by atoms with van der Waals surface area (Å²) >= 11 is 5.95. The van der Waals surface area contributed by atoms with Crippen LogP contribution < -0.4 is 20.7 Å². The highest BCUT2D eigenvalue weighted by molar-refractivity contribution is 6.31. The zero-order valence-corrected chi connectivity index (χ0v) is 15.0. The van der Waals surface area contributed by atoms with Crippen molar-refractivity contribution >= 4 is 34.9 Å². The number of amides is 3. The Morgan fingerprint density at radius 3 is 2.36 bits per heavy atom. The van der Waals surface area contributed by atoms with Crippen molar-refractivity contribution in [3.63, 3.8) is 0 Å². The van der Waals surface area contributed by atoms with Gasteiger partial charge in [0.2, 0.25) is 0 Å². The molecular weight excluding hydrogens is 342 g/mol. The van der Waals surface area contributed by atoms with Crippen LogP contribution in [0.15, 0.2) is 42.5 Å². The number of carbonyl (C=O) groups excluding carboxylic acids is 2. The molecule has 0 saturated carbocycles. The minimum absolute atomic E-state index is 0.0261. The molecule has 25 heavy (non-hydrogen) atoms. The number of nitrogens with one attached hydrogen (secondary N) is 3. The zero-order chi connectivity index (χ0) is 18.4. The standard InChI is InChI=1S/C18H20ClN3O3/c1-11(2)20-18(24)22-14-6-4-5-13(10-14)21-17(23)15-9-12(19)7-8-16(15)25-3/h4-11H,1-3H3,(H,21,23)(H2,20,22,24). The first-order valence-corrected chi connectivity index (χ1v) is 8.09. The number of carbonyl (C=O) groups is 2. The first kappa shape index (κ1) is 18.6. The van der Waals surface area contributed by atoms with Crippen molar-refractivity contribution in [2.24, 2.45) is 0 Å². The molecule has 0 radical (unpaired) electrons. The van der Waals surface area contributed by atoms with E-state index in [1.807, 2.05) is 13.8 Å². The molecular formula is C18H20ClN3O3. The molecule has 3 amide bonds. The Morgan fingerprint density at radius 1 is 1.04 bits per heavy atom. The summed E-state index contributed by atoms with van der Waals surface area (Å²) in [6.07, 6.45) is 0. The summed E-state index contributed by atoms with van der Waals surface area (Å²) in [7, 11) is 1.48. The van der Waals surface area contributed by atoms with Crippen molar-refractivity contribution in [1.82, 2.24) is 5.32 Å². The summed E-state index contributed by atoms with van der Waals surface area (Å²) in [5.74, 6) is 0.0654. The molecule has 2 aromatic carbocycles. The van der Waals surface area contributed by atoms with Gasteiger partial charge in [0.15, 0.2) is 0 Å². The van der Waals surface area contributed by atoms with Gasteiger partial charge < -0.3 is 20.7 Å². The van der Waals surface area contributed by atoms with E-state index in [0.29, 0.717) is 27.7 Å². The van der Waals surface area contributed by atoms with E-state index in [2.05, 4.69) is 16.0 Å². The van der Waals surface area contributed by atoms with Gasteiger partial charge in [-0.25, -0.2) is 4.79 Å². The van der Waals surface area contributed by atoms with E-state index in [0.717, 1.165) is 0 Å². The number of ether oxygens (including phenoxy) is 1. The Hall–Kier alpha value is -2.73. The number of benzene rings is 2. The van der Waals surface area contributed by atoms with Crippen LogP contribution in [0.3, 0.4) is 0 Å². The Labute approximate surface area is 151 Å². The fourth-order valence-corrected chi connectivity index (χ4v) is 2.33. The van der Waals surface area contributed by atoms with Crippen LogP contribution in [0, 0.1) is 0 Å². The van der Waals surface area contributed by atoms with Crippen molar-refractivity contribution in [3.8, 4) is 5.75 Å². The number of methoxy groups -OCH3 is 1. The molecule has 2 aromatic rings. The van der Waals surface area contributed by atoms with Gasteiger partial charge in [0.05, 0.1) is 12.7 Å².